The fraction of sp³-hybridized carbons (Fsp3) is 0.250. The Hall–Kier alpha value is -2.25. The van der Waals surface area contributed by atoms with Gasteiger partial charge in [0.25, 0.3) is 5.91 Å². The molecule has 5 nitrogen and oxygen atoms in total. The van der Waals surface area contributed by atoms with Gasteiger partial charge in [-0.2, -0.15) is 0 Å². The second-order valence-corrected chi connectivity index (χ2v) is 7.53. The molecule has 0 bridgehead atoms. The van der Waals surface area contributed by atoms with E-state index in [4.69, 9.17) is 12.2 Å². The van der Waals surface area contributed by atoms with Crippen LogP contribution in [0.1, 0.15) is 18.9 Å². The maximum absolute atomic E-state index is 12.8. The van der Waals surface area contributed by atoms with Crippen LogP contribution in [0.2, 0.25) is 0 Å². The van der Waals surface area contributed by atoms with E-state index in [1.54, 1.807) is 4.90 Å². The van der Waals surface area contributed by atoms with E-state index >= 15 is 0 Å². The molecule has 1 atom stereocenters. The molecule has 1 fully saturated rings. The minimum atomic E-state index is -0.590. The monoisotopic (exact) mass is 445 g/mol. The number of hydrogen-bond donors (Lipinski definition) is 1. The van der Waals surface area contributed by atoms with Crippen LogP contribution < -0.4 is 5.32 Å². The first kappa shape index (κ1) is 19.5. The molecular weight excluding hydrogens is 426 g/mol. The second-order valence-electron chi connectivity index (χ2n) is 6.25. The summed E-state index contributed by atoms with van der Waals surface area (Å²) in [5, 5.41) is 3.33. The van der Waals surface area contributed by atoms with E-state index in [1.807, 2.05) is 66.4 Å². The van der Waals surface area contributed by atoms with E-state index in [-0.39, 0.29) is 18.2 Å². The summed E-state index contributed by atoms with van der Waals surface area (Å²) < 4.78 is 0.935. The van der Waals surface area contributed by atoms with Crippen molar-refractivity contribution in [2.75, 3.05) is 11.9 Å². The van der Waals surface area contributed by atoms with Gasteiger partial charge in [-0.05, 0) is 49.0 Å². The smallest absolute Gasteiger partial charge is 0.252 e. The molecule has 140 valence electrons. The number of amides is 2. The molecule has 0 aliphatic carbocycles. The van der Waals surface area contributed by atoms with Crippen molar-refractivity contribution in [1.29, 1.82) is 0 Å². The number of anilines is 1. The Morgan fingerprint density at radius 3 is 2.44 bits per heavy atom. The van der Waals surface area contributed by atoms with Gasteiger partial charge in [0.1, 0.15) is 6.04 Å². The first-order valence-corrected chi connectivity index (χ1v) is 9.91. The van der Waals surface area contributed by atoms with Crippen LogP contribution in [0.3, 0.4) is 0 Å². The van der Waals surface area contributed by atoms with Gasteiger partial charge in [0.05, 0.1) is 6.42 Å². The number of likely N-dealkylation sites (N-methyl/N-ethyl adjacent to an activating group) is 1. The van der Waals surface area contributed by atoms with E-state index in [0.717, 1.165) is 10.0 Å². The molecule has 0 radical (unpaired) electrons. The highest BCUT2D eigenvalue weighted by atomic mass is 79.9. The van der Waals surface area contributed by atoms with Crippen molar-refractivity contribution in [2.24, 2.45) is 0 Å². The van der Waals surface area contributed by atoms with E-state index in [1.165, 1.54) is 0 Å². The first-order chi connectivity index (χ1) is 13.0. The lowest BCUT2D eigenvalue weighted by molar-refractivity contribution is -0.130. The Kier molecular flexibility index (Phi) is 6.23. The zero-order chi connectivity index (χ0) is 19.4. The maximum atomic E-state index is 12.8. The third-order valence-electron chi connectivity index (χ3n) is 4.42. The fourth-order valence-corrected chi connectivity index (χ4v) is 3.74. The van der Waals surface area contributed by atoms with E-state index in [9.17, 15) is 9.59 Å². The van der Waals surface area contributed by atoms with Gasteiger partial charge < -0.3 is 10.2 Å². The molecule has 2 aromatic carbocycles. The minimum Gasteiger partial charge on any atom is -0.332 e. The van der Waals surface area contributed by atoms with Crippen LogP contribution in [0.15, 0.2) is 59.1 Å². The summed E-state index contributed by atoms with van der Waals surface area (Å²) >= 11 is 8.87. The molecule has 7 heteroatoms. The normalized spacial score (nSPS) is 16.7. The van der Waals surface area contributed by atoms with Gasteiger partial charge in [-0.1, -0.05) is 46.3 Å². The molecule has 2 aromatic rings. The first-order valence-electron chi connectivity index (χ1n) is 8.71. The summed E-state index contributed by atoms with van der Waals surface area (Å²) in [7, 11) is 0. The number of benzene rings is 2. The quantitative estimate of drug-likeness (QED) is 0.687. The van der Waals surface area contributed by atoms with Crippen LogP contribution in [-0.4, -0.2) is 39.3 Å². The van der Waals surface area contributed by atoms with Crippen molar-refractivity contribution < 1.29 is 9.59 Å². The predicted molar refractivity (Wildman–Crippen MR) is 113 cm³/mol. The van der Waals surface area contributed by atoms with Gasteiger partial charge in [0.2, 0.25) is 5.91 Å². The van der Waals surface area contributed by atoms with E-state index in [2.05, 4.69) is 21.2 Å². The molecule has 2 amide bonds. The zero-order valence-corrected chi connectivity index (χ0v) is 17.3. The highest BCUT2D eigenvalue weighted by molar-refractivity contribution is 9.10. The number of thiocarbonyl (C=S) groups is 1. The van der Waals surface area contributed by atoms with Crippen LogP contribution in [0.4, 0.5) is 5.69 Å². The number of carbonyl (C=O) groups excluding carboxylic acids is 2. The topological polar surface area (TPSA) is 52.7 Å². The highest BCUT2D eigenvalue weighted by Gasteiger charge is 2.42. The third-order valence-corrected chi connectivity index (χ3v) is 5.41. The molecule has 1 aliphatic heterocycles. The maximum Gasteiger partial charge on any atom is 0.252 e. The Morgan fingerprint density at radius 2 is 1.81 bits per heavy atom. The molecule has 1 saturated heterocycles. The van der Waals surface area contributed by atoms with Crippen LogP contribution in [-0.2, 0) is 16.1 Å². The van der Waals surface area contributed by atoms with E-state index < -0.39 is 6.04 Å². The molecule has 0 saturated carbocycles. The summed E-state index contributed by atoms with van der Waals surface area (Å²) in [5.41, 5.74) is 1.74. The van der Waals surface area contributed by atoms with Crippen molar-refractivity contribution in [3.63, 3.8) is 0 Å². The number of halogens is 1. The Bertz CT molecular complexity index is 842. The third kappa shape index (κ3) is 4.54. The van der Waals surface area contributed by atoms with Gasteiger partial charge in [0, 0.05) is 23.2 Å². The largest absolute Gasteiger partial charge is 0.332 e. The lowest BCUT2D eigenvalue weighted by Crippen LogP contribution is -2.37. The fourth-order valence-electron chi connectivity index (χ4n) is 3.06. The number of carbonyl (C=O) groups is 2. The van der Waals surface area contributed by atoms with Crippen molar-refractivity contribution in [3.05, 3.63) is 64.6 Å². The van der Waals surface area contributed by atoms with Crippen molar-refractivity contribution in [1.82, 2.24) is 9.80 Å². The number of nitrogens with one attached hydrogen (secondary N) is 1. The van der Waals surface area contributed by atoms with Gasteiger partial charge in [-0.25, -0.2) is 0 Å². The Morgan fingerprint density at radius 1 is 1.15 bits per heavy atom. The van der Waals surface area contributed by atoms with Crippen LogP contribution in [0.5, 0.6) is 0 Å². The standard InChI is InChI=1S/C20H20BrN3O2S/c1-2-23-19(26)17(12-18(25)22-16-10-8-15(21)9-11-16)24(20(23)27)13-14-6-4-3-5-7-14/h3-11,17H,2,12-13H2,1H3,(H,22,25)/t17-/m0/s1. The van der Waals surface area contributed by atoms with Gasteiger partial charge >= 0.3 is 0 Å². The number of hydrogen-bond acceptors (Lipinski definition) is 3. The summed E-state index contributed by atoms with van der Waals surface area (Å²) in [6, 6.07) is 16.5. The molecule has 3 rings (SSSR count). The van der Waals surface area contributed by atoms with Gasteiger partial charge in [0.15, 0.2) is 5.11 Å². The summed E-state index contributed by atoms with van der Waals surface area (Å²) in [4.78, 5) is 28.7. The van der Waals surface area contributed by atoms with Crippen molar-refractivity contribution >= 4 is 50.8 Å². The molecule has 0 spiro atoms. The molecule has 1 aliphatic rings. The van der Waals surface area contributed by atoms with Crippen molar-refractivity contribution in [2.45, 2.75) is 25.9 Å². The molecule has 27 heavy (non-hydrogen) atoms. The lowest BCUT2D eigenvalue weighted by atomic mass is 10.1. The molecule has 1 heterocycles. The minimum absolute atomic E-state index is 0.0539. The van der Waals surface area contributed by atoms with Gasteiger partial charge in [-0.15, -0.1) is 0 Å². The Labute approximate surface area is 172 Å². The molecule has 0 aromatic heterocycles. The van der Waals surface area contributed by atoms with Crippen LogP contribution in [0, 0.1) is 0 Å². The van der Waals surface area contributed by atoms with Crippen LogP contribution in [0.25, 0.3) is 0 Å². The summed E-state index contributed by atoms with van der Waals surface area (Å²) in [6.45, 7) is 2.88. The lowest BCUT2D eigenvalue weighted by Gasteiger charge is -2.23. The average molecular weight is 446 g/mol. The SMILES string of the molecule is CCN1C(=O)[C@H](CC(=O)Nc2ccc(Br)cc2)N(Cc2ccccc2)C1=S. The summed E-state index contributed by atoms with van der Waals surface area (Å²) in [5.74, 6) is -0.334. The second kappa shape index (κ2) is 8.63. The average Bonchev–Trinajstić information content (AvgIpc) is 2.88. The molecule has 1 N–H and O–H groups in total. The highest BCUT2D eigenvalue weighted by Crippen LogP contribution is 2.24. The zero-order valence-electron chi connectivity index (χ0n) is 14.9. The molecule has 0 unspecified atom stereocenters. The predicted octanol–water partition coefficient (Wildman–Crippen LogP) is 3.80. The van der Waals surface area contributed by atoms with Gasteiger partial charge in [-0.3, -0.25) is 14.5 Å². The number of nitrogens with zero attached hydrogens (tertiary/aromatic N) is 2. The van der Waals surface area contributed by atoms with E-state index in [0.29, 0.717) is 23.9 Å². The Balaban J connectivity index is 1.75. The van der Waals surface area contributed by atoms with Crippen molar-refractivity contribution in [3.8, 4) is 0 Å². The summed E-state index contributed by atoms with van der Waals surface area (Å²) in [6.07, 6.45) is 0.0539. The van der Waals surface area contributed by atoms with Crippen LogP contribution >= 0.6 is 28.1 Å². The number of rotatable bonds is 6. The molecular formula is C20H20BrN3O2S.